The van der Waals surface area contributed by atoms with Crippen molar-refractivity contribution in [3.8, 4) is 0 Å². The van der Waals surface area contributed by atoms with Crippen molar-refractivity contribution in [2.45, 2.75) is 63.8 Å². The summed E-state index contributed by atoms with van der Waals surface area (Å²) in [6.07, 6.45) is 6.34. The third-order valence-electron chi connectivity index (χ3n) is 3.97. The molecule has 22 heavy (non-hydrogen) atoms. The van der Waals surface area contributed by atoms with Crippen molar-refractivity contribution >= 4 is 5.97 Å². The molecule has 0 aliphatic rings. The molecule has 120 valence electrons. The standard InChI is InChI=1S/C17H25N3O2/c1-2-3-4-8-13-17(19-20-18,14-9-12-16(21)22)15-10-6-5-7-11-15/h5-7,10-11H,2-4,8-9,12-14H2,1H3,(H,21,22). The Balaban J connectivity index is 2.92. The molecule has 1 rings (SSSR count). The molecule has 0 saturated heterocycles. The molecule has 0 heterocycles. The van der Waals surface area contributed by atoms with Crippen LogP contribution >= 0.6 is 0 Å². The highest BCUT2D eigenvalue weighted by Gasteiger charge is 2.30. The number of benzene rings is 1. The lowest BCUT2D eigenvalue weighted by Crippen LogP contribution is -2.23. The fraction of sp³-hybridized carbons (Fsp3) is 0.588. The summed E-state index contributed by atoms with van der Waals surface area (Å²) in [7, 11) is 0. The highest BCUT2D eigenvalue weighted by molar-refractivity contribution is 5.66. The van der Waals surface area contributed by atoms with Crippen molar-refractivity contribution in [3.63, 3.8) is 0 Å². The number of hydrogen-bond acceptors (Lipinski definition) is 2. The van der Waals surface area contributed by atoms with Gasteiger partial charge in [-0.2, -0.15) is 0 Å². The maximum Gasteiger partial charge on any atom is 0.303 e. The number of carboxylic acids is 1. The zero-order valence-corrected chi connectivity index (χ0v) is 13.2. The van der Waals surface area contributed by atoms with Crippen LogP contribution < -0.4 is 0 Å². The summed E-state index contributed by atoms with van der Waals surface area (Å²) in [4.78, 5) is 13.8. The third kappa shape index (κ3) is 5.78. The van der Waals surface area contributed by atoms with E-state index in [0.29, 0.717) is 12.8 Å². The van der Waals surface area contributed by atoms with Gasteiger partial charge in [0.1, 0.15) is 0 Å². The molecular formula is C17H25N3O2. The number of carboxylic acid groups (broad SMARTS) is 1. The Labute approximate surface area is 132 Å². The SMILES string of the molecule is CCCCCCC(CCCC(=O)O)(N=[N+]=[N-])c1ccccc1. The van der Waals surface area contributed by atoms with Crippen molar-refractivity contribution < 1.29 is 9.90 Å². The highest BCUT2D eigenvalue weighted by atomic mass is 16.4. The molecule has 0 aromatic heterocycles. The predicted octanol–water partition coefficient (Wildman–Crippen LogP) is 5.42. The summed E-state index contributed by atoms with van der Waals surface area (Å²) in [6, 6.07) is 9.73. The monoisotopic (exact) mass is 303 g/mol. The predicted molar refractivity (Wildman–Crippen MR) is 87.5 cm³/mol. The Morgan fingerprint density at radius 1 is 1.18 bits per heavy atom. The Morgan fingerprint density at radius 3 is 2.45 bits per heavy atom. The zero-order valence-electron chi connectivity index (χ0n) is 13.2. The van der Waals surface area contributed by atoms with E-state index >= 15 is 0 Å². The van der Waals surface area contributed by atoms with E-state index in [-0.39, 0.29) is 6.42 Å². The van der Waals surface area contributed by atoms with Gasteiger partial charge in [0.25, 0.3) is 0 Å². The van der Waals surface area contributed by atoms with Crippen LogP contribution in [0.15, 0.2) is 35.4 Å². The number of unbranched alkanes of at least 4 members (excludes halogenated alkanes) is 3. The van der Waals surface area contributed by atoms with E-state index in [0.717, 1.165) is 37.7 Å². The Morgan fingerprint density at radius 2 is 1.86 bits per heavy atom. The van der Waals surface area contributed by atoms with Crippen LogP contribution in [-0.2, 0) is 10.3 Å². The van der Waals surface area contributed by atoms with Crippen LogP contribution in [-0.4, -0.2) is 11.1 Å². The molecular weight excluding hydrogens is 278 g/mol. The van der Waals surface area contributed by atoms with Gasteiger partial charge in [-0.15, -0.1) is 0 Å². The fourth-order valence-electron chi connectivity index (χ4n) is 2.78. The van der Waals surface area contributed by atoms with Gasteiger partial charge in [0, 0.05) is 11.3 Å². The topological polar surface area (TPSA) is 86.1 Å². The van der Waals surface area contributed by atoms with Gasteiger partial charge < -0.3 is 5.11 Å². The molecule has 0 aliphatic carbocycles. The summed E-state index contributed by atoms with van der Waals surface area (Å²) >= 11 is 0. The number of rotatable bonds is 11. The van der Waals surface area contributed by atoms with Crippen LogP contribution in [0.1, 0.15) is 63.9 Å². The molecule has 5 nitrogen and oxygen atoms in total. The number of azide groups is 1. The first-order valence-corrected chi connectivity index (χ1v) is 7.98. The van der Waals surface area contributed by atoms with Gasteiger partial charge in [0.15, 0.2) is 0 Å². The minimum absolute atomic E-state index is 0.102. The summed E-state index contributed by atoms with van der Waals surface area (Å²) < 4.78 is 0. The zero-order chi connectivity index (χ0) is 16.3. The second-order valence-electron chi connectivity index (χ2n) is 5.65. The first kappa shape index (κ1) is 18.1. The fourth-order valence-corrected chi connectivity index (χ4v) is 2.78. The average Bonchev–Trinajstić information content (AvgIpc) is 2.52. The van der Waals surface area contributed by atoms with Gasteiger partial charge in [-0.05, 0) is 30.4 Å². The lowest BCUT2D eigenvalue weighted by atomic mass is 9.81. The van der Waals surface area contributed by atoms with Crippen molar-refractivity contribution in [1.29, 1.82) is 0 Å². The molecule has 1 aromatic carbocycles. The second-order valence-corrected chi connectivity index (χ2v) is 5.65. The Bertz CT molecular complexity index is 498. The molecule has 1 unspecified atom stereocenters. The van der Waals surface area contributed by atoms with Crippen molar-refractivity contribution in [1.82, 2.24) is 0 Å². The van der Waals surface area contributed by atoms with Crippen LogP contribution in [0.5, 0.6) is 0 Å². The van der Waals surface area contributed by atoms with Crippen molar-refractivity contribution in [2.75, 3.05) is 0 Å². The van der Waals surface area contributed by atoms with Gasteiger partial charge in [0.05, 0.1) is 5.54 Å². The quantitative estimate of drug-likeness (QED) is 0.256. The Hall–Kier alpha value is -2.00. The van der Waals surface area contributed by atoms with Crippen LogP contribution in [0.3, 0.4) is 0 Å². The van der Waals surface area contributed by atoms with E-state index in [9.17, 15) is 4.79 Å². The van der Waals surface area contributed by atoms with Gasteiger partial charge in [-0.25, -0.2) is 0 Å². The van der Waals surface area contributed by atoms with Crippen molar-refractivity contribution in [2.24, 2.45) is 5.11 Å². The molecule has 0 spiro atoms. The van der Waals surface area contributed by atoms with E-state index in [2.05, 4.69) is 16.9 Å². The average molecular weight is 303 g/mol. The molecule has 0 radical (unpaired) electrons. The first-order chi connectivity index (χ1) is 10.6. The highest BCUT2D eigenvalue weighted by Crippen LogP contribution is 2.37. The first-order valence-electron chi connectivity index (χ1n) is 7.98. The summed E-state index contributed by atoms with van der Waals surface area (Å²) in [5.41, 5.74) is 9.37. The van der Waals surface area contributed by atoms with E-state index in [1.807, 2.05) is 30.3 Å². The molecule has 5 heteroatoms. The van der Waals surface area contributed by atoms with E-state index in [1.165, 1.54) is 0 Å². The van der Waals surface area contributed by atoms with Gasteiger partial charge in [-0.1, -0.05) is 68.1 Å². The minimum atomic E-state index is -0.811. The van der Waals surface area contributed by atoms with Crippen molar-refractivity contribution in [3.05, 3.63) is 46.3 Å². The smallest absolute Gasteiger partial charge is 0.303 e. The lowest BCUT2D eigenvalue weighted by Gasteiger charge is -2.29. The summed E-state index contributed by atoms with van der Waals surface area (Å²) in [6.45, 7) is 2.16. The molecule has 0 bridgehead atoms. The molecule has 0 fully saturated rings. The maximum atomic E-state index is 10.8. The normalized spacial score (nSPS) is 13.1. The largest absolute Gasteiger partial charge is 0.481 e. The number of nitrogens with zero attached hydrogens (tertiary/aromatic N) is 3. The van der Waals surface area contributed by atoms with Crippen LogP contribution in [0.25, 0.3) is 10.4 Å². The van der Waals surface area contributed by atoms with E-state index < -0.39 is 11.5 Å². The van der Waals surface area contributed by atoms with E-state index in [1.54, 1.807) is 0 Å². The molecule has 1 aromatic rings. The number of aliphatic carboxylic acids is 1. The second kappa shape index (κ2) is 9.85. The number of carbonyl (C=O) groups is 1. The maximum absolute atomic E-state index is 10.8. The van der Waals surface area contributed by atoms with Gasteiger partial charge in [-0.3, -0.25) is 4.79 Å². The molecule has 1 N–H and O–H groups in total. The van der Waals surface area contributed by atoms with Crippen LogP contribution in [0.4, 0.5) is 0 Å². The molecule has 0 saturated carbocycles. The van der Waals surface area contributed by atoms with Gasteiger partial charge in [0.2, 0.25) is 0 Å². The van der Waals surface area contributed by atoms with Crippen LogP contribution in [0, 0.1) is 0 Å². The molecule has 0 amide bonds. The summed E-state index contributed by atoms with van der Waals surface area (Å²) in [5.74, 6) is -0.811. The third-order valence-corrected chi connectivity index (χ3v) is 3.97. The van der Waals surface area contributed by atoms with E-state index in [4.69, 9.17) is 10.6 Å². The molecule has 1 atom stereocenters. The van der Waals surface area contributed by atoms with Gasteiger partial charge >= 0.3 is 5.97 Å². The lowest BCUT2D eigenvalue weighted by molar-refractivity contribution is -0.137. The summed E-state index contributed by atoms with van der Waals surface area (Å²) in [5, 5.41) is 13.0. The molecule has 0 aliphatic heterocycles. The Kier molecular flexibility index (Phi) is 8.08. The minimum Gasteiger partial charge on any atom is -0.481 e. The number of hydrogen-bond donors (Lipinski definition) is 1. The van der Waals surface area contributed by atoms with Crippen LogP contribution in [0.2, 0.25) is 0 Å².